The molecule has 4 nitrogen and oxygen atoms in total. The van der Waals surface area contributed by atoms with Crippen molar-refractivity contribution in [2.24, 2.45) is 11.8 Å². The first-order valence-electron chi connectivity index (χ1n) is 7.38. The molecule has 2 atom stereocenters. The molecule has 0 aromatic heterocycles. The van der Waals surface area contributed by atoms with Crippen molar-refractivity contribution in [1.82, 2.24) is 10.2 Å². The van der Waals surface area contributed by atoms with Crippen LogP contribution in [-0.4, -0.2) is 29.8 Å². The Kier molecular flexibility index (Phi) is 5.23. The van der Waals surface area contributed by atoms with Gasteiger partial charge in [0.2, 0.25) is 11.8 Å². The molecule has 2 amide bonds. The van der Waals surface area contributed by atoms with Crippen LogP contribution >= 0.6 is 11.6 Å². The average molecular weight is 309 g/mol. The van der Waals surface area contributed by atoms with Gasteiger partial charge in [0.15, 0.2) is 0 Å². The fraction of sp³-hybridized carbons (Fsp3) is 0.500. The molecule has 1 aromatic rings. The van der Waals surface area contributed by atoms with Crippen molar-refractivity contribution in [3.63, 3.8) is 0 Å². The highest BCUT2D eigenvalue weighted by Crippen LogP contribution is 2.40. The van der Waals surface area contributed by atoms with Gasteiger partial charge in [-0.1, -0.05) is 29.8 Å². The fourth-order valence-corrected chi connectivity index (χ4v) is 2.69. The molecule has 5 heteroatoms. The van der Waals surface area contributed by atoms with Gasteiger partial charge in [0.05, 0.1) is 11.8 Å². The predicted molar refractivity (Wildman–Crippen MR) is 82.8 cm³/mol. The lowest BCUT2D eigenvalue weighted by molar-refractivity contribution is -0.134. The maximum absolute atomic E-state index is 12.1. The number of carbonyl (C=O) groups excluding carboxylic acids is 2. The summed E-state index contributed by atoms with van der Waals surface area (Å²) < 4.78 is 0. The molecule has 1 aliphatic rings. The van der Waals surface area contributed by atoms with Crippen LogP contribution in [0.15, 0.2) is 24.3 Å². The van der Waals surface area contributed by atoms with Gasteiger partial charge in [0.1, 0.15) is 0 Å². The quantitative estimate of drug-likeness (QED) is 0.877. The summed E-state index contributed by atoms with van der Waals surface area (Å²) in [6, 6.07) is 7.42. The SMILES string of the molecule is CCN(CC)C(=O)C1CC1C(=O)NCc1ccccc1Cl. The summed E-state index contributed by atoms with van der Waals surface area (Å²) in [5.41, 5.74) is 0.889. The highest BCUT2D eigenvalue weighted by atomic mass is 35.5. The van der Waals surface area contributed by atoms with Crippen LogP contribution in [-0.2, 0) is 16.1 Å². The summed E-state index contributed by atoms with van der Waals surface area (Å²) in [6.45, 7) is 5.70. The topological polar surface area (TPSA) is 49.4 Å². The first kappa shape index (κ1) is 15.8. The molecule has 2 unspecified atom stereocenters. The molecule has 0 saturated heterocycles. The van der Waals surface area contributed by atoms with Gasteiger partial charge in [-0.25, -0.2) is 0 Å². The van der Waals surface area contributed by atoms with E-state index in [4.69, 9.17) is 11.6 Å². The maximum Gasteiger partial charge on any atom is 0.226 e. The Labute approximate surface area is 130 Å². The van der Waals surface area contributed by atoms with Crippen molar-refractivity contribution in [2.75, 3.05) is 13.1 Å². The summed E-state index contributed by atoms with van der Waals surface area (Å²) in [7, 11) is 0. The third-order valence-corrected chi connectivity index (χ3v) is 4.30. The molecule has 114 valence electrons. The third-order valence-electron chi connectivity index (χ3n) is 3.93. The van der Waals surface area contributed by atoms with E-state index in [-0.39, 0.29) is 23.7 Å². The van der Waals surface area contributed by atoms with E-state index in [2.05, 4.69) is 5.32 Å². The number of rotatable bonds is 6. The van der Waals surface area contributed by atoms with Crippen LogP contribution in [0.25, 0.3) is 0 Å². The van der Waals surface area contributed by atoms with Gasteiger partial charge in [-0.3, -0.25) is 9.59 Å². The largest absolute Gasteiger partial charge is 0.352 e. The minimum Gasteiger partial charge on any atom is -0.352 e. The van der Waals surface area contributed by atoms with E-state index in [1.807, 2.05) is 32.0 Å². The lowest BCUT2D eigenvalue weighted by Gasteiger charge is -2.18. The molecule has 1 aliphatic carbocycles. The maximum atomic E-state index is 12.1. The zero-order valence-electron chi connectivity index (χ0n) is 12.4. The van der Waals surface area contributed by atoms with E-state index in [9.17, 15) is 9.59 Å². The second-order valence-corrected chi connectivity index (χ2v) is 5.68. The zero-order chi connectivity index (χ0) is 15.4. The van der Waals surface area contributed by atoms with Crippen LogP contribution in [0.3, 0.4) is 0 Å². The zero-order valence-corrected chi connectivity index (χ0v) is 13.2. The van der Waals surface area contributed by atoms with Crippen LogP contribution in [0, 0.1) is 11.8 Å². The molecule has 2 rings (SSSR count). The van der Waals surface area contributed by atoms with Gasteiger partial charge in [-0.05, 0) is 31.9 Å². The fourth-order valence-electron chi connectivity index (χ4n) is 2.48. The Morgan fingerprint density at radius 1 is 1.24 bits per heavy atom. The molecule has 0 bridgehead atoms. The van der Waals surface area contributed by atoms with Gasteiger partial charge in [0.25, 0.3) is 0 Å². The predicted octanol–water partition coefficient (Wildman–Crippen LogP) is 2.46. The van der Waals surface area contributed by atoms with Gasteiger partial charge in [-0.2, -0.15) is 0 Å². The number of hydrogen-bond acceptors (Lipinski definition) is 2. The summed E-state index contributed by atoms with van der Waals surface area (Å²) in [5.74, 6) is -0.282. The van der Waals surface area contributed by atoms with Crippen molar-refractivity contribution in [1.29, 1.82) is 0 Å². The van der Waals surface area contributed by atoms with Crippen LogP contribution in [0.2, 0.25) is 5.02 Å². The monoisotopic (exact) mass is 308 g/mol. The second-order valence-electron chi connectivity index (χ2n) is 5.27. The molecule has 1 saturated carbocycles. The lowest BCUT2D eigenvalue weighted by Crippen LogP contribution is -2.34. The molecule has 1 fully saturated rings. The smallest absolute Gasteiger partial charge is 0.226 e. The summed E-state index contributed by atoms with van der Waals surface area (Å²) in [5, 5.41) is 3.51. The summed E-state index contributed by atoms with van der Waals surface area (Å²) in [4.78, 5) is 26.0. The molecular weight excluding hydrogens is 288 g/mol. The van der Waals surface area contributed by atoms with Gasteiger partial charge < -0.3 is 10.2 Å². The van der Waals surface area contributed by atoms with E-state index in [0.29, 0.717) is 31.1 Å². The standard InChI is InChI=1S/C16H21ClN2O2/c1-3-19(4-2)16(21)13-9-12(13)15(20)18-10-11-7-5-6-8-14(11)17/h5-8,12-13H,3-4,9-10H2,1-2H3,(H,18,20). The van der Waals surface area contributed by atoms with Gasteiger partial charge in [-0.15, -0.1) is 0 Å². The van der Waals surface area contributed by atoms with E-state index in [0.717, 1.165) is 5.56 Å². The Morgan fingerprint density at radius 3 is 2.52 bits per heavy atom. The van der Waals surface area contributed by atoms with E-state index >= 15 is 0 Å². The van der Waals surface area contributed by atoms with E-state index in [1.54, 1.807) is 11.0 Å². The lowest BCUT2D eigenvalue weighted by atomic mass is 10.2. The highest BCUT2D eigenvalue weighted by molar-refractivity contribution is 6.31. The molecule has 1 aromatic carbocycles. The van der Waals surface area contributed by atoms with Crippen molar-refractivity contribution < 1.29 is 9.59 Å². The Bertz CT molecular complexity index is 529. The summed E-state index contributed by atoms with van der Waals surface area (Å²) in [6.07, 6.45) is 0.656. The summed E-state index contributed by atoms with van der Waals surface area (Å²) >= 11 is 6.05. The number of benzene rings is 1. The molecule has 1 N–H and O–H groups in total. The third kappa shape index (κ3) is 3.76. The first-order chi connectivity index (χ1) is 10.1. The molecule has 0 heterocycles. The van der Waals surface area contributed by atoms with E-state index < -0.39 is 0 Å². The number of halogens is 1. The molecular formula is C16H21ClN2O2. The minimum atomic E-state index is -0.180. The number of amides is 2. The van der Waals surface area contributed by atoms with Gasteiger partial charge in [0, 0.05) is 24.7 Å². The Balaban J connectivity index is 1.84. The van der Waals surface area contributed by atoms with Crippen LogP contribution in [0.1, 0.15) is 25.8 Å². The van der Waals surface area contributed by atoms with Crippen molar-refractivity contribution in [2.45, 2.75) is 26.8 Å². The molecule has 21 heavy (non-hydrogen) atoms. The number of hydrogen-bond donors (Lipinski definition) is 1. The molecule has 0 spiro atoms. The Morgan fingerprint density at radius 2 is 1.90 bits per heavy atom. The Hall–Kier alpha value is -1.55. The van der Waals surface area contributed by atoms with Crippen LogP contribution in [0.5, 0.6) is 0 Å². The molecule has 0 aliphatic heterocycles. The number of carbonyl (C=O) groups is 2. The highest BCUT2D eigenvalue weighted by Gasteiger charge is 2.49. The normalized spacial score (nSPS) is 20.0. The van der Waals surface area contributed by atoms with Crippen molar-refractivity contribution in [3.8, 4) is 0 Å². The minimum absolute atomic E-state index is 0.0552. The van der Waals surface area contributed by atoms with E-state index in [1.165, 1.54) is 0 Å². The second kappa shape index (κ2) is 6.94. The van der Waals surface area contributed by atoms with Crippen LogP contribution in [0.4, 0.5) is 0 Å². The van der Waals surface area contributed by atoms with Gasteiger partial charge >= 0.3 is 0 Å². The number of nitrogens with zero attached hydrogens (tertiary/aromatic N) is 1. The van der Waals surface area contributed by atoms with Crippen molar-refractivity contribution in [3.05, 3.63) is 34.9 Å². The average Bonchev–Trinajstić information content (AvgIpc) is 3.28. The first-order valence-corrected chi connectivity index (χ1v) is 7.76. The number of nitrogens with one attached hydrogen (secondary N) is 1. The van der Waals surface area contributed by atoms with Crippen LogP contribution < -0.4 is 5.32 Å². The molecule has 0 radical (unpaired) electrons. The van der Waals surface area contributed by atoms with Crippen molar-refractivity contribution >= 4 is 23.4 Å².